The largest absolute Gasteiger partial charge is 0.382 e. The van der Waals surface area contributed by atoms with Crippen LogP contribution in [0.2, 0.25) is 0 Å². The van der Waals surface area contributed by atoms with Crippen molar-refractivity contribution in [3.05, 3.63) is 0 Å². The number of aliphatic hydroxyl groups excluding tert-OH is 1. The van der Waals surface area contributed by atoms with E-state index in [4.69, 9.17) is 0 Å². The van der Waals surface area contributed by atoms with Gasteiger partial charge < -0.3 is 14.1 Å². The fourth-order valence-electron chi connectivity index (χ4n) is 4.96. The Bertz CT molecular complexity index is 297. The van der Waals surface area contributed by atoms with Crippen LogP contribution in [0.25, 0.3) is 0 Å². The topological polar surface area (TPSA) is 26.7 Å². The van der Waals surface area contributed by atoms with Crippen LogP contribution in [0, 0.1) is 0 Å². The van der Waals surface area contributed by atoms with Gasteiger partial charge >= 0.3 is 0 Å². The van der Waals surface area contributed by atoms with E-state index in [0.717, 1.165) is 13.1 Å². The monoisotopic (exact) mass is 282 g/mol. The molecule has 1 N–H and O–H groups in total. The number of hydrogen-bond acceptors (Lipinski definition) is 3. The Kier molecular flexibility index (Phi) is 3.31. The lowest BCUT2D eigenvalue weighted by Crippen LogP contribution is -2.72. The Hall–Kier alpha value is -0.200. The van der Waals surface area contributed by atoms with Crippen LogP contribution in [-0.2, 0) is 0 Å². The Labute approximate surface area is 122 Å². The summed E-state index contributed by atoms with van der Waals surface area (Å²) in [5.74, 6) is 0. The van der Waals surface area contributed by atoms with Crippen LogP contribution in [0.1, 0.15) is 0 Å². The van der Waals surface area contributed by atoms with Gasteiger partial charge in [-0.05, 0) is 0 Å². The molecule has 0 aromatic rings. The molecule has 0 aromatic carbocycles. The van der Waals surface area contributed by atoms with E-state index in [0.29, 0.717) is 0 Å². The van der Waals surface area contributed by atoms with Crippen molar-refractivity contribution in [2.45, 2.75) is 6.10 Å². The summed E-state index contributed by atoms with van der Waals surface area (Å²) in [5.41, 5.74) is 0. The van der Waals surface area contributed by atoms with Gasteiger partial charge in [0, 0.05) is 39.3 Å². The molecule has 5 nitrogen and oxygen atoms in total. The van der Waals surface area contributed by atoms with Gasteiger partial charge in [0.15, 0.2) is 6.10 Å². The average Bonchev–Trinajstić information content (AvgIpc) is 2.49. The number of rotatable bonds is 4. The summed E-state index contributed by atoms with van der Waals surface area (Å²) in [6.07, 6.45) is -0.0932. The summed E-state index contributed by atoms with van der Waals surface area (Å²) in [5, 5.41) is 10.7. The first-order valence-corrected chi connectivity index (χ1v) is 8.50. The summed E-state index contributed by atoms with van der Waals surface area (Å²) in [6, 6.07) is 0. The lowest BCUT2D eigenvalue weighted by Gasteiger charge is -2.53. The molecular weight excluding hydrogens is 252 g/mol. The minimum atomic E-state index is -0.0932. The highest BCUT2D eigenvalue weighted by molar-refractivity contribution is 4.75. The zero-order chi connectivity index (χ0) is 13.6. The quantitative estimate of drug-likeness (QED) is 0.645. The Balaban J connectivity index is 1.37. The van der Waals surface area contributed by atoms with E-state index in [1.54, 1.807) is 0 Å². The Morgan fingerprint density at radius 1 is 0.650 bits per heavy atom. The van der Waals surface area contributed by atoms with Gasteiger partial charge in [-0.25, -0.2) is 0 Å². The maximum Gasteiger partial charge on any atom is 0.152 e. The molecule has 20 heavy (non-hydrogen) atoms. The van der Waals surface area contributed by atoms with Crippen molar-refractivity contribution in [2.75, 3.05) is 91.6 Å². The molecule has 5 heteroatoms. The standard InChI is InChI=1S/C15H30N4O/c20-15(13-18-7-1-16(2-8-18)3-9-18)14-19-10-4-17(5-11-19)6-12-19/h15,20H,1-14H2/q+2. The number of hydrogen-bond donors (Lipinski definition) is 1. The minimum absolute atomic E-state index is 0.0932. The summed E-state index contributed by atoms with van der Waals surface area (Å²) in [6.45, 7) is 17.1. The van der Waals surface area contributed by atoms with E-state index in [2.05, 4.69) is 9.80 Å². The average molecular weight is 282 g/mol. The van der Waals surface area contributed by atoms with E-state index in [9.17, 15) is 5.11 Å². The molecule has 0 amide bonds. The van der Waals surface area contributed by atoms with Gasteiger partial charge in [0.1, 0.15) is 13.1 Å². The van der Waals surface area contributed by atoms with E-state index in [-0.39, 0.29) is 6.10 Å². The van der Waals surface area contributed by atoms with E-state index >= 15 is 0 Å². The first kappa shape index (κ1) is 13.5. The highest BCUT2D eigenvalue weighted by atomic mass is 16.3. The van der Waals surface area contributed by atoms with Crippen LogP contribution in [0.4, 0.5) is 0 Å². The van der Waals surface area contributed by atoms with Crippen LogP contribution in [-0.4, -0.2) is 122 Å². The summed E-state index contributed by atoms with van der Waals surface area (Å²) in [4.78, 5) is 5.16. The van der Waals surface area contributed by atoms with Crippen LogP contribution >= 0.6 is 0 Å². The van der Waals surface area contributed by atoms with Crippen LogP contribution in [0.3, 0.4) is 0 Å². The van der Waals surface area contributed by atoms with Crippen LogP contribution in [0.15, 0.2) is 0 Å². The van der Waals surface area contributed by atoms with Gasteiger partial charge in [0.05, 0.1) is 39.3 Å². The summed E-state index contributed by atoms with van der Waals surface area (Å²) < 4.78 is 2.40. The van der Waals surface area contributed by atoms with Gasteiger partial charge in [-0.2, -0.15) is 0 Å². The van der Waals surface area contributed by atoms with E-state index in [1.165, 1.54) is 87.5 Å². The SMILES string of the molecule is OC(C[N+]12CCN(CC1)CC2)C[N+]12CCN(CC1)CC2. The predicted molar refractivity (Wildman–Crippen MR) is 78.3 cm³/mol. The van der Waals surface area contributed by atoms with Gasteiger partial charge in [-0.3, -0.25) is 9.80 Å². The first-order valence-electron chi connectivity index (χ1n) is 8.50. The molecule has 6 saturated heterocycles. The molecule has 0 saturated carbocycles. The van der Waals surface area contributed by atoms with Gasteiger partial charge in [0.25, 0.3) is 0 Å². The molecule has 6 heterocycles. The number of piperazine rings is 6. The number of aliphatic hydroxyl groups is 1. The zero-order valence-corrected chi connectivity index (χ0v) is 12.7. The van der Waals surface area contributed by atoms with Crippen molar-refractivity contribution in [1.82, 2.24) is 9.80 Å². The highest BCUT2D eigenvalue weighted by Gasteiger charge is 2.44. The second-order valence-electron chi connectivity index (χ2n) is 7.73. The Morgan fingerprint density at radius 3 is 1.25 bits per heavy atom. The van der Waals surface area contributed by atoms with E-state index in [1.807, 2.05) is 0 Å². The van der Waals surface area contributed by atoms with E-state index < -0.39 is 0 Å². The smallest absolute Gasteiger partial charge is 0.152 e. The van der Waals surface area contributed by atoms with Gasteiger partial charge in [-0.15, -0.1) is 0 Å². The van der Waals surface area contributed by atoms with Crippen molar-refractivity contribution in [2.24, 2.45) is 0 Å². The second kappa shape index (κ2) is 4.92. The highest BCUT2D eigenvalue weighted by Crippen LogP contribution is 2.23. The molecule has 114 valence electrons. The van der Waals surface area contributed by atoms with Gasteiger partial charge in [-0.1, -0.05) is 0 Å². The maximum absolute atomic E-state index is 10.7. The number of fused-ring (bicyclic) bond motifs is 6. The molecule has 6 aliphatic heterocycles. The van der Waals surface area contributed by atoms with Crippen molar-refractivity contribution >= 4 is 0 Å². The summed E-state index contributed by atoms with van der Waals surface area (Å²) >= 11 is 0. The molecule has 0 aromatic heterocycles. The first-order chi connectivity index (χ1) is 9.67. The second-order valence-corrected chi connectivity index (χ2v) is 7.73. The third kappa shape index (κ3) is 2.40. The van der Waals surface area contributed by atoms with Crippen molar-refractivity contribution in [3.8, 4) is 0 Å². The molecule has 6 aliphatic rings. The maximum atomic E-state index is 10.7. The molecule has 6 fully saturated rings. The molecule has 0 unspecified atom stereocenters. The molecule has 6 rings (SSSR count). The third-order valence-electron chi connectivity index (χ3n) is 6.54. The van der Waals surface area contributed by atoms with Crippen molar-refractivity contribution in [1.29, 1.82) is 0 Å². The van der Waals surface area contributed by atoms with Crippen LogP contribution in [0.5, 0.6) is 0 Å². The molecule has 4 bridgehead atoms. The lowest BCUT2D eigenvalue weighted by atomic mass is 10.1. The Morgan fingerprint density at radius 2 is 0.950 bits per heavy atom. The molecule has 0 atom stereocenters. The fraction of sp³-hybridized carbons (Fsp3) is 1.00. The summed E-state index contributed by atoms with van der Waals surface area (Å²) in [7, 11) is 0. The zero-order valence-electron chi connectivity index (χ0n) is 12.7. The van der Waals surface area contributed by atoms with Gasteiger partial charge in [0.2, 0.25) is 0 Å². The van der Waals surface area contributed by atoms with Crippen molar-refractivity contribution < 1.29 is 14.1 Å². The molecule has 0 aliphatic carbocycles. The molecule has 0 spiro atoms. The predicted octanol–water partition coefficient (Wildman–Crippen LogP) is -1.36. The normalized spacial score (nSPS) is 48.5. The third-order valence-corrected chi connectivity index (χ3v) is 6.54. The van der Waals surface area contributed by atoms with Crippen LogP contribution < -0.4 is 0 Å². The lowest BCUT2D eigenvalue weighted by molar-refractivity contribution is -0.962. The fourth-order valence-corrected chi connectivity index (χ4v) is 4.96. The van der Waals surface area contributed by atoms with Crippen molar-refractivity contribution in [3.63, 3.8) is 0 Å². The molecular formula is C15H30N4O+2. The number of quaternary nitrogens is 2. The number of nitrogens with zero attached hydrogens (tertiary/aromatic N) is 4. The molecule has 0 radical (unpaired) electrons. The minimum Gasteiger partial charge on any atom is -0.382 e.